The molecule has 0 saturated heterocycles. The molecule has 0 atom stereocenters. The van der Waals surface area contributed by atoms with E-state index in [1.165, 1.54) is 6.08 Å². The van der Waals surface area contributed by atoms with Crippen LogP contribution in [0.2, 0.25) is 0 Å². The summed E-state index contributed by atoms with van der Waals surface area (Å²) in [4.78, 5) is 12.0. The Kier molecular flexibility index (Phi) is 3.79. The Balaban J connectivity index is 1.80. The zero-order valence-corrected chi connectivity index (χ0v) is 12.5. The average Bonchev–Trinajstić information content (AvgIpc) is 2.94. The topological polar surface area (TPSA) is 59.3 Å². The number of carbonyl (C=O) groups is 1. The molecular formula is C15H11BrN4O. The highest BCUT2D eigenvalue weighted by molar-refractivity contribution is 9.10. The molecule has 0 spiro atoms. The first-order valence-electron chi connectivity index (χ1n) is 6.25. The molecule has 6 heteroatoms. The third-order valence-corrected chi connectivity index (χ3v) is 3.28. The molecule has 0 bridgehead atoms. The predicted octanol–water partition coefficient (Wildman–Crippen LogP) is 3.14. The number of hydrogen-bond donors (Lipinski definition) is 1. The van der Waals surface area contributed by atoms with Gasteiger partial charge in [0, 0.05) is 16.7 Å². The predicted molar refractivity (Wildman–Crippen MR) is 84.8 cm³/mol. The number of fused-ring (bicyclic) bond motifs is 1. The summed E-state index contributed by atoms with van der Waals surface area (Å²) in [5, 5.41) is 10.6. The maximum Gasteiger partial charge on any atom is 0.248 e. The van der Waals surface area contributed by atoms with E-state index >= 15 is 0 Å². The van der Waals surface area contributed by atoms with Gasteiger partial charge in [0.15, 0.2) is 5.65 Å². The van der Waals surface area contributed by atoms with Gasteiger partial charge in [-0.3, -0.25) is 9.20 Å². The lowest BCUT2D eigenvalue weighted by Crippen LogP contribution is -2.09. The highest BCUT2D eigenvalue weighted by atomic mass is 79.9. The van der Waals surface area contributed by atoms with Crippen LogP contribution in [0.4, 0.5) is 5.69 Å². The van der Waals surface area contributed by atoms with Gasteiger partial charge in [-0.25, -0.2) is 0 Å². The highest BCUT2D eigenvalue weighted by Crippen LogP contribution is 2.20. The molecule has 5 nitrogen and oxygen atoms in total. The molecule has 0 saturated carbocycles. The summed E-state index contributed by atoms with van der Waals surface area (Å²) in [6.45, 7) is 0. The van der Waals surface area contributed by atoms with Gasteiger partial charge >= 0.3 is 0 Å². The van der Waals surface area contributed by atoms with E-state index in [1.807, 2.05) is 36.5 Å². The highest BCUT2D eigenvalue weighted by Gasteiger charge is 2.07. The molecule has 1 amide bonds. The molecule has 1 aromatic carbocycles. The van der Waals surface area contributed by atoms with E-state index in [-0.39, 0.29) is 5.91 Å². The van der Waals surface area contributed by atoms with Gasteiger partial charge in [-0.05, 0) is 33.6 Å². The van der Waals surface area contributed by atoms with E-state index in [4.69, 9.17) is 0 Å². The summed E-state index contributed by atoms with van der Waals surface area (Å²) in [5.41, 5.74) is 2.17. The van der Waals surface area contributed by atoms with Crippen molar-refractivity contribution in [3.63, 3.8) is 0 Å². The molecule has 0 fully saturated rings. The number of nitrogens with one attached hydrogen (secondary N) is 1. The third kappa shape index (κ3) is 3.17. The zero-order chi connectivity index (χ0) is 14.7. The fourth-order valence-electron chi connectivity index (χ4n) is 1.90. The van der Waals surface area contributed by atoms with Gasteiger partial charge in [0.25, 0.3) is 0 Å². The van der Waals surface area contributed by atoms with Crippen molar-refractivity contribution in [3.05, 3.63) is 65.0 Å². The van der Waals surface area contributed by atoms with E-state index in [2.05, 4.69) is 31.4 Å². The van der Waals surface area contributed by atoms with Crippen molar-refractivity contribution < 1.29 is 4.79 Å². The molecule has 3 rings (SSSR count). The van der Waals surface area contributed by atoms with Crippen LogP contribution >= 0.6 is 15.9 Å². The van der Waals surface area contributed by atoms with Gasteiger partial charge in [0.2, 0.25) is 5.91 Å². The Morgan fingerprint density at radius 1 is 1.29 bits per heavy atom. The standard InChI is InChI=1S/C15H11BrN4O/c16-12-8-13(15-19-17-10-20(15)9-12)18-14(21)7-6-11-4-2-1-3-5-11/h1-10H,(H,18,21)/b7-6+. The van der Waals surface area contributed by atoms with Gasteiger partial charge in [-0.2, -0.15) is 0 Å². The summed E-state index contributed by atoms with van der Waals surface area (Å²) in [7, 11) is 0. The molecule has 0 aliphatic carbocycles. The number of benzene rings is 1. The molecule has 0 aliphatic rings. The van der Waals surface area contributed by atoms with E-state index in [0.29, 0.717) is 11.3 Å². The summed E-state index contributed by atoms with van der Waals surface area (Å²) in [6, 6.07) is 11.4. The van der Waals surface area contributed by atoms with Gasteiger partial charge in [0.1, 0.15) is 6.33 Å². The number of halogens is 1. The Labute approximate surface area is 129 Å². The largest absolute Gasteiger partial charge is 0.319 e. The minimum atomic E-state index is -0.221. The average molecular weight is 343 g/mol. The second-order valence-electron chi connectivity index (χ2n) is 4.37. The van der Waals surface area contributed by atoms with Crippen molar-refractivity contribution >= 4 is 39.2 Å². The van der Waals surface area contributed by atoms with Crippen LogP contribution in [0.25, 0.3) is 11.7 Å². The summed E-state index contributed by atoms with van der Waals surface area (Å²) >= 11 is 3.39. The summed E-state index contributed by atoms with van der Waals surface area (Å²) in [6.07, 6.45) is 6.65. The molecule has 1 N–H and O–H groups in total. The van der Waals surface area contributed by atoms with Crippen molar-refractivity contribution in [2.45, 2.75) is 0 Å². The SMILES string of the molecule is O=C(/C=C/c1ccccc1)Nc1cc(Br)cn2cnnc12. The first-order chi connectivity index (χ1) is 10.2. The monoisotopic (exact) mass is 342 g/mol. The second-order valence-corrected chi connectivity index (χ2v) is 5.28. The molecule has 0 radical (unpaired) electrons. The maximum atomic E-state index is 12.0. The normalized spacial score (nSPS) is 11.1. The van der Waals surface area contributed by atoms with Crippen LogP contribution in [0.5, 0.6) is 0 Å². The molecule has 0 unspecified atom stereocenters. The summed E-state index contributed by atoms with van der Waals surface area (Å²) < 4.78 is 2.57. The molecule has 2 aromatic heterocycles. The lowest BCUT2D eigenvalue weighted by atomic mass is 10.2. The van der Waals surface area contributed by atoms with Crippen molar-refractivity contribution in [2.75, 3.05) is 5.32 Å². The fourth-order valence-corrected chi connectivity index (χ4v) is 2.35. The molecule has 2 heterocycles. The van der Waals surface area contributed by atoms with E-state index in [9.17, 15) is 4.79 Å². The van der Waals surface area contributed by atoms with E-state index in [0.717, 1.165) is 10.0 Å². The van der Waals surface area contributed by atoms with Crippen LogP contribution in [-0.4, -0.2) is 20.5 Å². The van der Waals surface area contributed by atoms with Crippen LogP contribution in [-0.2, 0) is 4.79 Å². The third-order valence-electron chi connectivity index (χ3n) is 2.84. The number of aromatic nitrogens is 3. The number of rotatable bonds is 3. The van der Waals surface area contributed by atoms with Gasteiger partial charge < -0.3 is 5.32 Å². The molecule has 3 aromatic rings. The van der Waals surface area contributed by atoms with E-state index in [1.54, 1.807) is 22.9 Å². The quantitative estimate of drug-likeness (QED) is 0.744. The molecule has 104 valence electrons. The van der Waals surface area contributed by atoms with Crippen LogP contribution in [0.15, 0.2) is 59.5 Å². The van der Waals surface area contributed by atoms with Crippen molar-refractivity contribution in [2.24, 2.45) is 0 Å². The summed E-state index contributed by atoms with van der Waals surface area (Å²) in [5.74, 6) is -0.221. The Hall–Kier alpha value is -2.47. The van der Waals surface area contributed by atoms with Gasteiger partial charge in [0.05, 0.1) is 5.69 Å². The Morgan fingerprint density at radius 3 is 2.90 bits per heavy atom. The molecular weight excluding hydrogens is 332 g/mol. The number of hydrogen-bond acceptors (Lipinski definition) is 3. The number of pyridine rings is 1. The van der Waals surface area contributed by atoms with Gasteiger partial charge in [-0.1, -0.05) is 30.3 Å². The fraction of sp³-hybridized carbons (Fsp3) is 0. The second kappa shape index (κ2) is 5.88. The maximum absolute atomic E-state index is 12.0. The van der Waals surface area contributed by atoms with E-state index < -0.39 is 0 Å². The number of amides is 1. The minimum absolute atomic E-state index is 0.221. The first kappa shape index (κ1) is 13.5. The number of carbonyl (C=O) groups excluding carboxylic acids is 1. The van der Waals surface area contributed by atoms with Crippen molar-refractivity contribution in [1.29, 1.82) is 0 Å². The number of nitrogens with zero attached hydrogens (tertiary/aromatic N) is 3. The molecule has 21 heavy (non-hydrogen) atoms. The van der Waals surface area contributed by atoms with Crippen LogP contribution < -0.4 is 5.32 Å². The van der Waals surface area contributed by atoms with Crippen molar-refractivity contribution in [3.8, 4) is 0 Å². The van der Waals surface area contributed by atoms with Gasteiger partial charge in [-0.15, -0.1) is 10.2 Å². The smallest absolute Gasteiger partial charge is 0.248 e. The first-order valence-corrected chi connectivity index (χ1v) is 7.05. The minimum Gasteiger partial charge on any atom is -0.319 e. The van der Waals surface area contributed by atoms with Crippen LogP contribution in [0.3, 0.4) is 0 Å². The lowest BCUT2D eigenvalue weighted by molar-refractivity contribution is -0.111. The van der Waals surface area contributed by atoms with Crippen LogP contribution in [0.1, 0.15) is 5.56 Å². The zero-order valence-electron chi connectivity index (χ0n) is 10.9. The lowest BCUT2D eigenvalue weighted by Gasteiger charge is -2.04. The van der Waals surface area contributed by atoms with Crippen molar-refractivity contribution in [1.82, 2.24) is 14.6 Å². The molecule has 0 aliphatic heterocycles. The number of anilines is 1. The van der Waals surface area contributed by atoms with Crippen LogP contribution in [0, 0.1) is 0 Å². The Bertz CT molecular complexity index is 811. The Morgan fingerprint density at radius 2 is 2.10 bits per heavy atom.